The van der Waals surface area contributed by atoms with Gasteiger partial charge in [-0.25, -0.2) is 4.79 Å². The summed E-state index contributed by atoms with van der Waals surface area (Å²) in [4.78, 5) is 37.9. The summed E-state index contributed by atoms with van der Waals surface area (Å²) in [5.41, 5.74) is 0.291. The lowest BCUT2D eigenvalue weighted by atomic mass is 9.76. The third kappa shape index (κ3) is 5.64. The largest absolute Gasteiger partial charge is 0.445 e. The molecule has 1 aliphatic rings. The summed E-state index contributed by atoms with van der Waals surface area (Å²) in [5, 5.41) is 12.6. The van der Waals surface area contributed by atoms with E-state index in [1.54, 1.807) is 0 Å². The van der Waals surface area contributed by atoms with Crippen molar-refractivity contribution in [3.63, 3.8) is 0 Å². The molecule has 2 rings (SSSR count). The number of hydrogen-bond donors (Lipinski definition) is 2. The zero-order valence-corrected chi connectivity index (χ0v) is 17.1. The van der Waals surface area contributed by atoms with Crippen molar-refractivity contribution in [1.29, 1.82) is 0 Å². The Hall–Kier alpha value is -2.21. The van der Waals surface area contributed by atoms with Gasteiger partial charge >= 0.3 is 6.09 Å². The fourth-order valence-corrected chi connectivity index (χ4v) is 3.72. The van der Waals surface area contributed by atoms with Gasteiger partial charge in [-0.15, -0.1) is 0 Å². The SMILES string of the molecule is CC(O)C(NC(=O)OCc1ccccc1)C(=O)C1CCCC1C(=O)C(C)(C)C. The van der Waals surface area contributed by atoms with E-state index in [1.807, 2.05) is 51.1 Å². The minimum atomic E-state index is -1.10. The summed E-state index contributed by atoms with van der Waals surface area (Å²) in [5.74, 6) is -1.09. The van der Waals surface area contributed by atoms with Gasteiger partial charge < -0.3 is 15.2 Å². The van der Waals surface area contributed by atoms with E-state index in [1.165, 1.54) is 6.92 Å². The molecule has 0 spiro atoms. The minimum Gasteiger partial charge on any atom is -0.445 e. The van der Waals surface area contributed by atoms with Crippen molar-refractivity contribution in [2.75, 3.05) is 0 Å². The van der Waals surface area contributed by atoms with Crippen LogP contribution >= 0.6 is 0 Å². The molecule has 6 heteroatoms. The smallest absolute Gasteiger partial charge is 0.408 e. The summed E-state index contributed by atoms with van der Waals surface area (Å²) in [6.45, 7) is 7.07. The zero-order chi connectivity index (χ0) is 20.9. The summed E-state index contributed by atoms with van der Waals surface area (Å²) >= 11 is 0. The maximum atomic E-state index is 13.1. The molecule has 0 radical (unpaired) electrons. The van der Waals surface area contributed by atoms with Gasteiger partial charge in [-0.2, -0.15) is 0 Å². The van der Waals surface area contributed by atoms with Crippen molar-refractivity contribution >= 4 is 17.7 Å². The number of rotatable bonds is 7. The average Bonchev–Trinajstić information content (AvgIpc) is 3.12. The molecule has 0 aromatic heterocycles. The Balaban J connectivity index is 2.02. The first kappa shape index (κ1) is 22.1. The number of carbonyl (C=O) groups excluding carboxylic acids is 3. The molecule has 1 aromatic rings. The van der Waals surface area contributed by atoms with Gasteiger partial charge in [0.25, 0.3) is 0 Å². The van der Waals surface area contributed by atoms with Gasteiger partial charge in [0.1, 0.15) is 18.4 Å². The van der Waals surface area contributed by atoms with Gasteiger partial charge in [0.2, 0.25) is 0 Å². The highest BCUT2D eigenvalue weighted by Gasteiger charge is 2.44. The minimum absolute atomic E-state index is 0.0550. The van der Waals surface area contributed by atoms with Crippen molar-refractivity contribution in [2.45, 2.75) is 65.7 Å². The van der Waals surface area contributed by atoms with E-state index in [9.17, 15) is 19.5 Å². The molecule has 0 aliphatic heterocycles. The number of benzene rings is 1. The summed E-state index contributed by atoms with van der Waals surface area (Å²) in [6, 6.07) is 8.10. The predicted octanol–water partition coefficient (Wildman–Crippen LogP) is 3.26. The number of amides is 1. The van der Waals surface area contributed by atoms with Gasteiger partial charge in [-0.05, 0) is 25.3 Å². The van der Waals surface area contributed by atoms with Gasteiger partial charge in [-0.1, -0.05) is 57.5 Å². The number of hydrogen-bond acceptors (Lipinski definition) is 5. The van der Waals surface area contributed by atoms with E-state index in [4.69, 9.17) is 4.74 Å². The van der Waals surface area contributed by atoms with Crippen LogP contribution in [0, 0.1) is 17.3 Å². The maximum Gasteiger partial charge on any atom is 0.408 e. The molecule has 1 amide bonds. The van der Waals surface area contributed by atoms with Crippen molar-refractivity contribution in [1.82, 2.24) is 5.32 Å². The second-order valence-corrected chi connectivity index (χ2v) is 8.58. The third-order valence-electron chi connectivity index (χ3n) is 5.23. The van der Waals surface area contributed by atoms with Crippen LogP contribution in [0.5, 0.6) is 0 Å². The number of ether oxygens (including phenoxy) is 1. The Kier molecular flexibility index (Phi) is 7.35. The molecule has 1 saturated carbocycles. The number of carbonyl (C=O) groups is 3. The number of aliphatic hydroxyl groups is 1. The standard InChI is InChI=1S/C22H31NO5/c1-14(24)18(23-21(27)28-13-15-9-6-5-7-10-15)19(25)16-11-8-12-17(16)20(26)22(2,3)4/h5-7,9-10,14,16-18,24H,8,11-13H2,1-4H3,(H,23,27). The van der Waals surface area contributed by atoms with Crippen molar-refractivity contribution in [3.8, 4) is 0 Å². The molecule has 154 valence electrons. The van der Waals surface area contributed by atoms with Crippen LogP contribution < -0.4 is 5.32 Å². The zero-order valence-electron chi connectivity index (χ0n) is 17.1. The summed E-state index contributed by atoms with van der Waals surface area (Å²) < 4.78 is 5.17. The lowest BCUT2D eigenvalue weighted by Crippen LogP contribution is -2.51. The van der Waals surface area contributed by atoms with Gasteiger partial charge in [-0.3, -0.25) is 9.59 Å². The Bertz CT molecular complexity index is 693. The number of Topliss-reactive ketones (excluding diaryl/α,β-unsaturated/α-hetero) is 2. The maximum absolute atomic E-state index is 13.1. The summed E-state index contributed by atoms with van der Waals surface area (Å²) in [7, 11) is 0. The quantitative estimate of drug-likeness (QED) is 0.747. The van der Waals surface area contributed by atoms with Crippen LogP contribution in [0.4, 0.5) is 4.79 Å². The molecule has 1 aliphatic carbocycles. The molecule has 4 unspecified atom stereocenters. The molecule has 6 nitrogen and oxygen atoms in total. The van der Waals surface area contributed by atoms with Crippen LogP contribution in [-0.2, 0) is 20.9 Å². The van der Waals surface area contributed by atoms with Crippen LogP contribution in [0.15, 0.2) is 30.3 Å². The first-order valence-corrected chi connectivity index (χ1v) is 9.84. The number of nitrogens with one attached hydrogen (secondary N) is 1. The Morgan fingerprint density at radius 3 is 2.32 bits per heavy atom. The predicted molar refractivity (Wildman–Crippen MR) is 106 cm³/mol. The van der Waals surface area contributed by atoms with E-state index < -0.39 is 29.6 Å². The van der Waals surface area contributed by atoms with E-state index in [0.29, 0.717) is 12.8 Å². The molecule has 0 bridgehead atoms. The molecule has 0 saturated heterocycles. The van der Waals surface area contributed by atoms with Crippen LogP contribution in [0.1, 0.15) is 52.5 Å². The highest BCUT2D eigenvalue weighted by atomic mass is 16.5. The highest BCUT2D eigenvalue weighted by Crippen LogP contribution is 2.38. The Morgan fingerprint density at radius 1 is 1.14 bits per heavy atom. The topological polar surface area (TPSA) is 92.7 Å². The van der Waals surface area contributed by atoms with Gasteiger partial charge in [0.15, 0.2) is 5.78 Å². The average molecular weight is 389 g/mol. The molecule has 2 N–H and O–H groups in total. The Morgan fingerprint density at radius 2 is 1.75 bits per heavy atom. The van der Waals surface area contributed by atoms with E-state index in [-0.39, 0.29) is 24.1 Å². The highest BCUT2D eigenvalue weighted by molar-refractivity contribution is 5.96. The van der Waals surface area contributed by atoms with E-state index in [2.05, 4.69) is 5.32 Å². The number of ketones is 2. The second kappa shape index (κ2) is 9.32. The monoisotopic (exact) mass is 389 g/mol. The third-order valence-corrected chi connectivity index (χ3v) is 5.23. The molecule has 1 fully saturated rings. The first-order valence-electron chi connectivity index (χ1n) is 9.84. The van der Waals surface area contributed by atoms with Gasteiger partial charge in [0, 0.05) is 17.3 Å². The molecule has 28 heavy (non-hydrogen) atoms. The molecular formula is C22H31NO5. The van der Waals surface area contributed by atoms with Gasteiger partial charge in [0.05, 0.1) is 6.10 Å². The molecule has 4 atom stereocenters. The Labute approximate surface area is 166 Å². The number of aliphatic hydroxyl groups excluding tert-OH is 1. The fourth-order valence-electron chi connectivity index (χ4n) is 3.72. The molecule has 0 heterocycles. The van der Waals surface area contributed by atoms with Crippen LogP contribution in [0.25, 0.3) is 0 Å². The first-order chi connectivity index (χ1) is 13.1. The van der Waals surface area contributed by atoms with Crippen LogP contribution in [0.3, 0.4) is 0 Å². The van der Waals surface area contributed by atoms with Crippen LogP contribution in [-0.4, -0.2) is 34.9 Å². The van der Waals surface area contributed by atoms with Crippen molar-refractivity contribution < 1.29 is 24.2 Å². The lowest BCUT2D eigenvalue weighted by molar-refractivity contribution is -0.137. The second-order valence-electron chi connectivity index (χ2n) is 8.58. The van der Waals surface area contributed by atoms with Crippen molar-refractivity contribution in [2.24, 2.45) is 17.3 Å². The fraction of sp³-hybridized carbons (Fsp3) is 0.591. The molecule has 1 aromatic carbocycles. The van der Waals surface area contributed by atoms with Crippen molar-refractivity contribution in [3.05, 3.63) is 35.9 Å². The normalized spacial score (nSPS) is 21.6. The number of alkyl carbamates (subject to hydrolysis) is 1. The van der Waals surface area contributed by atoms with E-state index >= 15 is 0 Å². The van der Waals surface area contributed by atoms with Crippen LogP contribution in [0.2, 0.25) is 0 Å². The summed E-state index contributed by atoms with van der Waals surface area (Å²) in [6.07, 6.45) is 0.197. The lowest BCUT2D eigenvalue weighted by Gasteiger charge is -2.29. The van der Waals surface area contributed by atoms with E-state index in [0.717, 1.165) is 12.0 Å². The molecular weight excluding hydrogens is 358 g/mol.